The zero-order valence-electron chi connectivity index (χ0n) is 14.3. The fourth-order valence-corrected chi connectivity index (χ4v) is 3.87. The van der Waals surface area contributed by atoms with E-state index < -0.39 is 16.9 Å². The van der Waals surface area contributed by atoms with Crippen LogP contribution in [0.25, 0.3) is 16.8 Å². The number of rotatable bonds is 4. The van der Waals surface area contributed by atoms with Gasteiger partial charge in [0.2, 0.25) is 5.89 Å². The van der Waals surface area contributed by atoms with Gasteiger partial charge in [0.1, 0.15) is 11.3 Å². The smallest absolute Gasteiger partial charge is 0.200 e. The van der Waals surface area contributed by atoms with Crippen molar-refractivity contribution in [2.75, 3.05) is 0 Å². The molecule has 1 aliphatic carbocycles. The van der Waals surface area contributed by atoms with Gasteiger partial charge in [-0.2, -0.15) is 0 Å². The average Bonchev–Trinajstić information content (AvgIpc) is 2.99. The van der Waals surface area contributed by atoms with Crippen LogP contribution in [0.2, 0.25) is 0 Å². The molecule has 0 fully saturated rings. The van der Waals surface area contributed by atoms with Crippen LogP contribution in [0.5, 0.6) is 0 Å². The zero-order valence-corrected chi connectivity index (χ0v) is 15.4. The van der Waals surface area contributed by atoms with Crippen LogP contribution in [-0.2, 0) is 27.3 Å². The minimum absolute atomic E-state index is 0. The predicted octanol–water partition coefficient (Wildman–Crippen LogP) is 4.84. The zero-order chi connectivity index (χ0) is 16.7. The molecule has 0 amide bonds. The summed E-state index contributed by atoms with van der Waals surface area (Å²) in [5.74, 6) is 0.634. The Hall–Kier alpha value is -1.42. The van der Waals surface area contributed by atoms with Gasteiger partial charge in [-0.3, -0.25) is 4.79 Å². The largest absolute Gasteiger partial charge is 0.673 e. The molecule has 1 aliphatic rings. The maximum absolute atomic E-state index is 12.3. The maximum Gasteiger partial charge on any atom is 0.200 e. The molecular weight excluding hydrogens is 344 g/mol. The van der Waals surface area contributed by atoms with Crippen LogP contribution in [0.3, 0.4) is 0 Å². The average molecular weight is 367 g/mol. The molecule has 0 aliphatic heterocycles. The van der Waals surface area contributed by atoms with Gasteiger partial charge in [-0.1, -0.05) is 38.1 Å². The Morgan fingerprint density at radius 1 is 1.33 bits per heavy atom. The normalized spacial score (nSPS) is 29.4. The van der Waals surface area contributed by atoms with E-state index in [-0.39, 0.29) is 22.9 Å². The number of Topliss-reactive ketones (excluding diaryl/α,β-unsaturated/α-hetero) is 1. The number of oxazole rings is 1. The van der Waals surface area contributed by atoms with Crippen molar-refractivity contribution in [3.63, 3.8) is 0 Å². The van der Waals surface area contributed by atoms with Gasteiger partial charge in [-0.25, -0.2) is 4.98 Å². The summed E-state index contributed by atoms with van der Waals surface area (Å²) in [6.07, 6.45) is 5.99. The second-order valence-corrected chi connectivity index (χ2v) is 6.49. The third kappa shape index (κ3) is 2.55. The summed E-state index contributed by atoms with van der Waals surface area (Å²) in [7, 11) is 0. The Bertz CT molecular complexity index is 737. The molecule has 1 aromatic heterocycles. The van der Waals surface area contributed by atoms with Crippen molar-refractivity contribution in [3.05, 3.63) is 48.0 Å². The number of carbonyl (C=O) groups excluding carboxylic acids is 1. The second-order valence-electron chi connectivity index (χ2n) is 6.49. The number of para-hydroxylation sites is 2. The molecule has 130 valence electrons. The van der Waals surface area contributed by atoms with Crippen molar-refractivity contribution < 1.29 is 26.3 Å². The molecule has 1 heterocycles. The first kappa shape index (κ1) is 18.9. The van der Waals surface area contributed by atoms with E-state index in [1.54, 1.807) is 6.92 Å². The first-order chi connectivity index (χ1) is 11.0. The number of hydrogen-bond donors (Lipinski definition) is 0. The Balaban J connectivity index is 0.00000208. The Labute approximate surface area is 153 Å². The van der Waals surface area contributed by atoms with Crippen molar-refractivity contribution in [2.24, 2.45) is 5.41 Å². The molecule has 3 atom stereocenters. The number of nitrogens with one attached hydrogen (secondary N) is 1. The van der Waals surface area contributed by atoms with E-state index in [2.05, 4.69) is 11.9 Å². The topological polar surface area (TPSA) is 66.9 Å². The van der Waals surface area contributed by atoms with Gasteiger partial charge in [0.25, 0.3) is 0 Å². The van der Waals surface area contributed by atoms with E-state index in [9.17, 15) is 4.79 Å². The standard InChI is InChI=1S/C19H23N2O2.Fe/c1-4-18(13(3)22)11-8-12-19(5-2,16(18)20)17-21-14-9-6-7-10-15(14)23-17;/h6-11,16,20H,4-5,12H2,1-3H3;/q-1;. The van der Waals surface area contributed by atoms with Crippen LogP contribution in [0.4, 0.5) is 0 Å². The van der Waals surface area contributed by atoms with Crippen molar-refractivity contribution in [1.29, 1.82) is 0 Å². The van der Waals surface area contributed by atoms with Crippen LogP contribution < -0.4 is 0 Å². The van der Waals surface area contributed by atoms with E-state index in [0.717, 1.165) is 11.1 Å². The molecule has 2 aromatic rings. The summed E-state index contributed by atoms with van der Waals surface area (Å²) >= 11 is 0. The monoisotopic (exact) mass is 367 g/mol. The Kier molecular flexibility index (Phi) is 5.38. The first-order valence-corrected chi connectivity index (χ1v) is 8.26. The fourth-order valence-electron chi connectivity index (χ4n) is 3.87. The summed E-state index contributed by atoms with van der Waals surface area (Å²) in [4.78, 5) is 17.0. The number of hydrogen-bond acceptors (Lipinski definition) is 3. The third-order valence-electron chi connectivity index (χ3n) is 5.56. The molecule has 0 saturated heterocycles. The predicted molar refractivity (Wildman–Crippen MR) is 91.2 cm³/mol. The summed E-state index contributed by atoms with van der Waals surface area (Å²) in [6.45, 7) is 5.62. The molecule has 0 saturated carbocycles. The Morgan fingerprint density at radius 3 is 2.62 bits per heavy atom. The van der Waals surface area contributed by atoms with Crippen molar-refractivity contribution >= 4 is 16.9 Å². The number of fused-ring (bicyclic) bond motifs is 1. The minimum atomic E-state index is -0.755. The molecule has 1 aromatic carbocycles. The van der Waals surface area contributed by atoms with Gasteiger partial charge in [0.15, 0.2) is 5.58 Å². The van der Waals surface area contributed by atoms with E-state index >= 15 is 0 Å². The number of carbonyl (C=O) groups is 1. The first-order valence-electron chi connectivity index (χ1n) is 8.26. The molecule has 0 spiro atoms. The molecule has 0 radical (unpaired) electrons. The van der Waals surface area contributed by atoms with E-state index in [1.165, 1.54) is 0 Å². The number of nitrogens with zero attached hydrogens (tertiary/aromatic N) is 1. The van der Waals surface area contributed by atoms with Crippen LogP contribution >= 0.6 is 0 Å². The van der Waals surface area contributed by atoms with E-state index in [1.807, 2.05) is 43.3 Å². The van der Waals surface area contributed by atoms with Crippen LogP contribution in [0.1, 0.15) is 45.9 Å². The molecular formula is C19H23FeN2O2-. The van der Waals surface area contributed by atoms with Crippen LogP contribution in [0.15, 0.2) is 40.8 Å². The summed E-state index contributed by atoms with van der Waals surface area (Å²) < 4.78 is 6.01. The molecule has 0 bridgehead atoms. The third-order valence-corrected chi connectivity index (χ3v) is 5.56. The van der Waals surface area contributed by atoms with Gasteiger partial charge in [-0.05, 0) is 38.3 Å². The van der Waals surface area contributed by atoms with Gasteiger partial charge in [0.05, 0.1) is 0 Å². The van der Waals surface area contributed by atoms with Crippen molar-refractivity contribution in [1.82, 2.24) is 4.98 Å². The molecule has 3 rings (SSSR count). The summed E-state index contributed by atoms with van der Waals surface area (Å²) in [5.41, 5.74) is 9.18. The van der Waals surface area contributed by atoms with Crippen LogP contribution in [-0.4, -0.2) is 16.8 Å². The van der Waals surface area contributed by atoms with E-state index in [4.69, 9.17) is 10.2 Å². The van der Waals surface area contributed by atoms with Gasteiger partial charge >= 0.3 is 0 Å². The van der Waals surface area contributed by atoms with Crippen molar-refractivity contribution in [3.8, 4) is 0 Å². The van der Waals surface area contributed by atoms with Gasteiger partial charge in [0, 0.05) is 27.9 Å². The molecule has 3 unspecified atom stereocenters. The van der Waals surface area contributed by atoms with Gasteiger partial charge in [-0.15, -0.1) is 6.04 Å². The van der Waals surface area contributed by atoms with Crippen LogP contribution in [0, 0.1) is 5.41 Å². The molecule has 24 heavy (non-hydrogen) atoms. The van der Waals surface area contributed by atoms with Crippen molar-refractivity contribution in [2.45, 2.75) is 51.5 Å². The minimum Gasteiger partial charge on any atom is -0.673 e. The Morgan fingerprint density at radius 2 is 2.04 bits per heavy atom. The molecule has 5 heteroatoms. The number of allylic oxidation sites excluding steroid dienone is 1. The fraction of sp³-hybridized carbons (Fsp3) is 0.474. The number of aromatic nitrogens is 1. The summed E-state index contributed by atoms with van der Waals surface area (Å²) in [6, 6.07) is 7.06. The number of ketones is 1. The number of benzene rings is 1. The van der Waals surface area contributed by atoms with E-state index in [0.29, 0.717) is 25.2 Å². The molecule has 1 N–H and O–H groups in total. The maximum atomic E-state index is 12.3. The quantitative estimate of drug-likeness (QED) is 0.574. The summed E-state index contributed by atoms with van der Waals surface area (Å²) in [5, 5.41) is 0. The van der Waals surface area contributed by atoms with Gasteiger partial charge < -0.3 is 10.2 Å². The SMILES string of the molecule is CCC1(C(C)=O)C=CCC(CC)(c2nc3ccccc3o2)C1[NH-].[Fe]. The molecule has 4 nitrogen and oxygen atoms in total. The second kappa shape index (κ2) is 6.83.